The Balaban J connectivity index is 2.56. The number of carbonyl (C=O) groups excluding carboxylic acids is 1. The van der Waals surface area contributed by atoms with Gasteiger partial charge in [-0.3, -0.25) is 4.79 Å². The fraction of sp³-hybridized carbons (Fsp3) is 0.917. The van der Waals surface area contributed by atoms with E-state index in [0.29, 0.717) is 18.2 Å². The molecule has 0 unspecified atom stereocenters. The van der Waals surface area contributed by atoms with Gasteiger partial charge in [0.25, 0.3) is 0 Å². The summed E-state index contributed by atoms with van der Waals surface area (Å²) in [5.74, 6) is 0.763. The molecule has 3 nitrogen and oxygen atoms in total. The number of hydrogen-bond donors (Lipinski definition) is 1. The largest absolute Gasteiger partial charge is 0.341 e. The molecule has 1 aliphatic rings. The Morgan fingerprint density at radius 1 is 1.47 bits per heavy atom. The number of nitrogens with zero attached hydrogens (tertiary/aromatic N) is 1. The fourth-order valence-corrected chi connectivity index (χ4v) is 1.98. The molecule has 0 saturated carbocycles. The van der Waals surface area contributed by atoms with Crippen molar-refractivity contribution in [1.29, 1.82) is 0 Å². The minimum atomic E-state index is 0.198. The maximum atomic E-state index is 11.9. The lowest BCUT2D eigenvalue weighted by Gasteiger charge is -2.29. The van der Waals surface area contributed by atoms with Crippen LogP contribution in [0.5, 0.6) is 0 Å². The topological polar surface area (TPSA) is 32.3 Å². The molecule has 88 valence electrons. The Morgan fingerprint density at radius 2 is 2.13 bits per heavy atom. The second-order valence-electron chi connectivity index (χ2n) is 5.75. The quantitative estimate of drug-likeness (QED) is 0.752. The molecule has 1 amide bonds. The Labute approximate surface area is 93.2 Å². The minimum absolute atomic E-state index is 0.198. The van der Waals surface area contributed by atoms with Gasteiger partial charge in [-0.1, -0.05) is 27.7 Å². The predicted molar refractivity (Wildman–Crippen MR) is 62.7 cm³/mol. The van der Waals surface area contributed by atoms with Gasteiger partial charge in [0.05, 0.1) is 0 Å². The molecule has 0 aromatic rings. The minimum Gasteiger partial charge on any atom is -0.341 e. The summed E-state index contributed by atoms with van der Waals surface area (Å²) in [5, 5.41) is 3.38. The third-order valence-corrected chi connectivity index (χ3v) is 2.72. The molecule has 0 bridgehead atoms. The van der Waals surface area contributed by atoms with Gasteiger partial charge in [0, 0.05) is 32.6 Å². The third-order valence-electron chi connectivity index (χ3n) is 2.72. The molecule has 0 aromatic carbocycles. The number of carbonyl (C=O) groups is 1. The lowest BCUT2D eigenvalue weighted by atomic mass is 9.93. The van der Waals surface area contributed by atoms with Gasteiger partial charge in [0.1, 0.15) is 0 Å². The fourth-order valence-electron chi connectivity index (χ4n) is 1.98. The van der Waals surface area contributed by atoms with Crippen LogP contribution in [0, 0.1) is 11.3 Å². The highest BCUT2D eigenvalue weighted by molar-refractivity contribution is 5.76. The Hall–Kier alpha value is -0.570. The molecule has 1 rings (SSSR count). The lowest BCUT2D eigenvalue weighted by molar-refractivity contribution is -0.132. The van der Waals surface area contributed by atoms with Crippen molar-refractivity contribution >= 4 is 5.91 Å². The number of hydrogen-bond acceptors (Lipinski definition) is 2. The van der Waals surface area contributed by atoms with E-state index in [1.54, 1.807) is 0 Å². The smallest absolute Gasteiger partial charge is 0.222 e. The van der Waals surface area contributed by atoms with E-state index >= 15 is 0 Å². The van der Waals surface area contributed by atoms with Crippen molar-refractivity contribution in [2.24, 2.45) is 11.3 Å². The van der Waals surface area contributed by atoms with Crippen LogP contribution in [0.25, 0.3) is 0 Å². The van der Waals surface area contributed by atoms with Gasteiger partial charge in [0.15, 0.2) is 0 Å². The van der Waals surface area contributed by atoms with Gasteiger partial charge in [-0.25, -0.2) is 0 Å². The van der Waals surface area contributed by atoms with E-state index < -0.39 is 0 Å². The summed E-state index contributed by atoms with van der Waals surface area (Å²) < 4.78 is 0. The van der Waals surface area contributed by atoms with Crippen LogP contribution in [0.2, 0.25) is 0 Å². The normalized spacial score (nSPS) is 21.5. The van der Waals surface area contributed by atoms with Crippen LogP contribution < -0.4 is 5.32 Å². The van der Waals surface area contributed by atoms with Gasteiger partial charge >= 0.3 is 0 Å². The van der Waals surface area contributed by atoms with E-state index in [9.17, 15) is 4.79 Å². The van der Waals surface area contributed by atoms with E-state index in [2.05, 4.69) is 33.0 Å². The van der Waals surface area contributed by atoms with Gasteiger partial charge in [0.2, 0.25) is 5.91 Å². The standard InChI is InChI=1S/C12H24N2O/c1-10(2)7-11(15)14-6-5-13-8-12(3,4)9-14/h10,13H,5-9H2,1-4H3. The molecule has 1 saturated heterocycles. The first-order valence-corrected chi connectivity index (χ1v) is 5.89. The van der Waals surface area contributed by atoms with E-state index in [4.69, 9.17) is 0 Å². The van der Waals surface area contributed by atoms with Crippen molar-refractivity contribution < 1.29 is 4.79 Å². The molecule has 0 atom stereocenters. The van der Waals surface area contributed by atoms with Gasteiger partial charge in [-0.05, 0) is 11.3 Å². The number of nitrogens with one attached hydrogen (secondary N) is 1. The second kappa shape index (κ2) is 4.97. The van der Waals surface area contributed by atoms with Crippen molar-refractivity contribution in [2.75, 3.05) is 26.2 Å². The Kier molecular flexibility index (Phi) is 4.14. The highest BCUT2D eigenvalue weighted by atomic mass is 16.2. The summed E-state index contributed by atoms with van der Waals surface area (Å²) in [6.07, 6.45) is 0.677. The van der Waals surface area contributed by atoms with Crippen LogP contribution in [0.1, 0.15) is 34.1 Å². The van der Waals surface area contributed by atoms with Crippen molar-refractivity contribution in [1.82, 2.24) is 10.2 Å². The first-order valence-electron chi connectivity index (χ1n) is 5.89. The Morgan fingerprint density at radius 3 is 2.73 bits per heavy atom. The molecular formula is C12H24N2O. The van der Waals surface area contributed by atoms with Crippen LogP contribution in [0.15, 0.2) is 0 Å². The summed E-state index contributed by atoms with van der Waals surface area (Å²) in [7, 11) is 0. The van der Waals surface area contributed by atoms with Gasteiger partial charge in [-0.15, -0.1) is 0 Å². The summed E-state index contributed by atoms with van der Waals surface area (Å²) in [6, 6.07) is 0. The maximum absolute atomic E-state index is 11.9. The van der Waals surface area contributed by atoms with Crippen LogP contribution in [0.3, 0.4) is 0 Å². The number of rotatable bonds is 2. The zero-order chi connectivity index (χ0) is 11.5. The van der Waals surface area contributed by atoms with Crippen molar-refractivity contribution in [3.8, 4) is 0 Å². The summed E-state index contributed by atoms with van der Waals surface area (Å²) in [4.78, 5) is 14.0. The van der Waals surface area contributed by atoms with Crippen LogP contribution in [0.4, 0.5) is 0 Å². The monoisotopic (exact) mass is 212 g/mol. The van der Waals surface area contributed by atoms with E-state index in [1.807, 2.05) is 4.90 Å². The van der Waals surface area contributed by atoms with E-state index in [1.165, 1.54) is 0 Å². The van der Waals surface area contributed by atoms with E-state index in [-0.39, 0.29) is 5.41 Å². The average Bonchev–Trinajstić information content (AvgIpc) is 2.25. The number of amides is 1. The summed E-state index contributed by atoms with van der Waals surface area (Å²) in [5.41, 5.74) is 0.198. The van der Waals surface area contributed by atoms with Crippen molar-refractivity contribution in [2.45, 2.75) is 34.1 Å². The van der Waals surface area contributed by atoms with Crippen LogP contribution in [-0.4, -0.2) is 37.0 Å². The summed E-state index contributed by atoms with van der Waals surface area (Å²) >= 11 is 0. The molecular weight excluding hydrogens is 188 g/mol. The molecule has 1 fully saturated rings. The second-order valence-corrected chi connectivity index (χ2v) is 5.75. The third kappa shape index (κ3) is 4.20. The average molecular weight is 212 g/mol. The van der Waals surface area contributed by atoms with Crippen LogP contribution in [-0.2, 0) is 4.79 Å². The summed E-state index contributed by atoms with van der Waals surface area (Å²) in [6.45, 7) is 12.3. The molecule has 1 N–H and O–H groups in total. The molecule has 0 aliphatic carbocycles. The lowest BCUT2D eigenvalue weighted by Crippen LogP contribution is -2.39. The molecule has 0 spiro atoms. The molecule has 15 heavy (non-hydrogen) atoms. The highest BCUT2D eigenvalue weighted by Gasteiger charge is 2.27. The van der Waals surface area contributed by atoms with E-state index in [0.717, 1.165) is 26.2 Å². The first kappa shape index (κ1) is 12.5. The zero-order valence-corrected chi connectivity index (χ0v) is 10.5. The predicted octanol–water partition coefficient (Wildman–Crippen LogP) is 1.49. The molecule has 0 radical (unpaired) electrons. The maximum Gasteiger partial charge on any atom is 0.222 e. The van der Waals surface area contributed by atoms with Crippen LogP contribution >= 0.6 is 0 Å². The Bertz CT molecular complexity index is 224. The first-order chi connectivity index (χ1) is 6.91. The highest BCUT2D eigenvalue weighted by Crippen LogP contribution is 2.18. The molecule has 3 heteroatoms. The van der Waals surface area contributed by atoms with Crippen molar-refractivity contribution in [3.63, 3.8) is 0 Å². The van der Waals surface area contributed by atoms with Gasteiger partial charge in [-0.2, -0.15) is 0 Å². The molecule has 1 heterocycles. The van der Waals surface area contributed by atoms with Gasteiger partial charge < -0.3 is 10.2 Å². The molecule has 0 aromatic heterocycles. The molecule has 1 aliphatic heterocycles. The zero-order valence-electron chi connectivity index (χ0n) is 10.5. The SMILES string of the molecule is CC(C)CC(=O)N1CCNCC(C)(C)C1. The van der Waals surface area contributed by atoms with Crippen molar-refractivity contribution in [3.05, 3.63) is 0 Å².